The molecule has 25 heavy (non-hydrogen) atoms. The number of aromatic nitrogens is 2. The van der Waals surface area contributed by atoms with E-state index in [1.165, 1.54) is 7.11 Å². The minimum Gasteiger partial charge on any atom is -0.495 e. The SMILES string of the molecule is COc1ccc(C)cc1S(=O)(=O)NCCc1cn2cc(C)ccc2n1. The molecule has 0 radical (unpaired) electrons. The minimum absolute atomic E-state index is 0.153. The molecule has 1 aromatic carbocycles. The number of methoxy groups -OCH3 is 1. The Balaban J connectivity index is 1.72. The van der Waals surface area contributed by atoms with Crippen molar-refractivity contribution in [3.8, 4) is 5.75 Å². The first kappa shape index (κ1) is 17.4. The van der Waals surface area contributed by atoms with Crippen molar-refractivity contribution in [2.45, 2.75) is 25.2 Å². The van der Waals surface area contributed by atoms with Crippen molar-refractivity contribution >= 4 is 15.7 Å². The molecule has 0 unspecified atom stereocenters. The van der Waals surface area contributed by atoms with Crippen LogP contribution in [0.5, 0.6) is 5.75 Å². The maximum absolute atomic E-state index is 12.6. The summed E-state index contributed by atoms with van der Waals surface area (Å²) in [5.74, 6) is 0.335. The van der Waals surface area contributed by atoms with Crippen LogP contribution in [-0.4, -0.2) is 31.5 Å². The molecule has 0 aliphatic heterocycles. The molecular formula is C18H21N3O3S. The average molecular weight is 359 g/mol. The topological polar surface area (TPSA) is 72.7 Å². The molecule has 2 heterocycles. The third-order valence-corrected chi connectivity index (χ3v) is 5.41. The Morgan fingerprint density at radius 3 is 2.64 bits per heavy atom. The number of nitrogens with zero attached hydrogens (tertiary/aromatic N) is 2. The predicted octanol–water partition coefficient (Wildman–Crippen LogP) is 2.48. The zero-order valence-electron chi connectivity index (χ0n) is 14.5. The zero-order valence-corrected chi connectivity index (χ0v) is 15.3. The molecule has 1 N–H and O–H groups in total. The van der Waals surface area contributed by atoms with Gasteiger partial charge in [-0.15, -0.1) is 0 Å². The number of sulfonamides is 1. The van der Waals surface area contributed by atoms with E-state index in [2.05, 4.69) is 9.71 Å². The Morgan fingerprint density at radius 2 is 1.88 bits per heavy atom. The number of nitrogens with one attached hydrogen (secondary N) is 1. The molecule has 0 aliphatic rings. The van der Waals surface area contributed by atoms with Crippen LogP contribution in [0.15, 0.2) is 47.6 Å². The molecule has 0 saturated heterocycles. The Bertz CT molecular complexity index is 1010. The normalized spacial score (nSPS) is 11.8. The third-order valence-electron chi connectivity index (χ3n) is 3.93. The van der Waals surface area contributed by atoms with Gasteiger partial charge in [0.15, 0.2) is 0 Å². The number of rotatable bonds is 6. The van der Waals surface area contributed by atoms with Crippen LogP contribution in [0.3, 0.4) is 0 Å². The highest BCUT2D eigenvalue weighted by atomic mass is 32.2. The van der Waals surface area contributed by atoms with E-state index < -0.39 is 10.0 Å². The smallest absolute Gasteiger partial charge is 0.244 e. The minimum atomic E-state index is -3.64. The highest BCUT2D eigenvalue weighted by Crippen LogP contribution is 2.24. The van der Waals surface area contributed by atoms with Gasteiger partial charge in [-0.3, -0.25) is 0 Å². The summed E-state index contributed by atoms with van der Waals surface area (Å²) in [5, 5.41) is 0. The lowest BCUT2D eigenvalue weighted by atomic mass is 10.2. The second-order valence-electron chi connectivity index (χ2n) is 6.01. The fourth-order valence-corrected chi connectivity index (χ4v) is 3.94. The van der Waals surface area contributed by atoms with E-state index in [0.29, 0.717) is 12.2 Å². The number of hydrogen-bond donors (Lipinski definition) is 1. The average Bonchev–Trinajstić information content (AvgIpc) is 2.96. The molecule has 3 rings (SSSR count). The van der Waals surface area contributed by atoms with Crippen LogP contribution in [0.4, 0.5) is 0 Å². The van der Waals surface area contributed by atoms with Crippen molar-refractivity contribution in [3.63, 3.8) is 0 Å². The van der Waals surface area contributed by atoms with Gasteiger partial charge in [0.05, 0.1) is 12.8 Å². The van der Waals surface area contributed by atoms with Crippen LogP contribution in [-0.2, 0) is 16.4 Å². The van der Waals surface area contributed by atoms with E-state index >= 15 is 0 Å². The highest BCUT2D eigenvalue weighted by Gasteiger charge is 2.19. The first-order valence-corrected chi connectivity index (χ1v) is 9.46. The number of fused-ring (bicyclic) bond motifs is 1. The summed E-state index contributed by atoms with van der Waals surface area (Å²) >= 11 is 0. The highest BCUT2D eigenvalue weighted by molar-refractivity contribution is 7.89. The Labute approximate surface area is 147 Å². The molecule has 7 heteroatoms. The summed E-state index contributed by atoms with van der Waals surface area (Å²) in [4.78, 5) is 4.65. The van der Waals surface area contributed by atoms with Crippen molar-refractivity contribution in [1.82, 2.24) is 14.1 Å². The van der Waals surface area contributed by atoms with Crippen LogP contribution < -0.4 is 9.46 Å². The van der Waals surface area contributed by atoms with E-state index in [4.69, 9.17) is 4.74 Å². The summed E-state index contributed by atoms with van der Waals surface area (Å²) in [6, 6.07) is 9.03. The van der Waals surface area contributed by atoms with Gasteiger partial charge in [0.2, 0.25) is 10.0 Å². The van der Waals surface area contributed by atoms with Gasteiger partial charge in [0, 0.05) is 25.4 Å². The Hall–Kier alpha value is -2.38. The van der Waals surface area contributed by atoms with Crippen molar-refractivity contribution in [3.05, 3.63) is 59.5 Å². The van der Waals surface area contributed by atoms with Crippen molar-refractivity contribution in [2.75, 3.05) is 13.7 Å². The first-order valence-electron chi connectivity index (χ1n) is 7.97. The molecule has 6 nitrogen and oxygen atoms in total. The van der Waals surface area contributed by atoms with Crippen molar-refractivity contribution in [1.29, 1.82) is 0 Å². The van der Waals surface area contributed by atoms with Crippen LogP contribution in [0.1, 0.15) is 16.8 Å². The van der Waals surface area contributed by atoms with Gasteiger partial charge in [-0.25, -0.2) is 18.1 Å². The number of aryl methyl sites for hydroxylation is 2. The predicted molar refractivity (Wildman–Crippen MR) is 96.6 cm³/mol. The summed E-state index contributed by atoms with van der Waals surface area (Å²) in [6.07, 6.45) is 4.42. The lowest BCUT2D eigenvalue weighted by Gasteiger charge is -2.11. The second kappa shape index (κ2) is 6.85. The number of imidazole rings is 1. The number of hydrogen-bond acceptors (Lipinski definition) is 4. The van der Waals surface area contributed by atoms with E-state index in [1.807, 2.05) is 48.8 Å². The van der Waals surface area contributed by atoms with Gasteiger partial charge < -0.3 is 9.14 Å². The standard InChI is InChI=1S/C18H21N3O3S/c1-13-4-6-16(24-3)17(10-13)25(22,23)19-9-8-15-12-21-11-14(2)5-7-18(21)20-15/h4-7,10-12,19H,8-9H2,1-3H3. The molecule has 0 saturated carbocycles. The van der Waals surface area contributed by atoms with E-state index in [0.717, 1.165) is 22.5 Å². The fourth-order valence-electron chi connectivity index (χ4n) is 2.66. The maximum Gasteiger partial charge on any atom is 0.244 e. The number of pyridine rings is 1. The van der Waals surface area contributed by atoms with E-state index in [1.54, 1.807) is 12.1 Å². The first-order chi connectivity index (χ1) is 11.9. The fraction of sp³-hybridized carbons (Fsp3) is 0.278. The van der Waals surface area contributed by atoms with E-state index in [-0.39, 0.29) is 11.4 Å². The largest absolute Gasteiger partial charge is 0.495 e. The third kappa shape index (κ3) is 3.83. The quantitative estimate of drug-likeness (QED) is 0.734. The lowest BCUT2D eigenvalue weighted by molar-refractivity contribution is 0.402. The van der Waals surface area contributed by atoms with Crippen LogP contribution in [0.2, 0.25) is 0 Å². The lowest BCUT2D eigenvalue weighted by Crippen LogP contribution is -2.26. The van der Waals surface area contributed by atoms with Crippen LogP contribution in [0, 0.1) is 13.8 Å². The maximum atomic E-state index is 12.6. The molecule has 0 atom stereocenters. The summed E-state index contributed by atoms with van der Waals surface area (Å²) in [6.45, 7) is 4.13. The van der Waals surface area contributed by atoms with Gasteiger partial charge >= 0.3 is 0 Å². The van der Waals surface area contributed by atoms with Gasteiger partial charge in [0.1, 0.15) is 16.3 Å². The van der Waals surface area contributed by atoms with Crippen molar-refractivity contribution < 1.29 is 13.2 Å². The molecule has 0 spiro atoms. The molecule has 0 bridgehead atoms. The molecule has 3 aromatic rings. The van der Waals surface area contributed by atoms with Crippen LogP contribution >= 0.6 is 0 Å². The molecule has 0 aliphatic carbocycles. The molecule has 0 fully saturated rings. The van der Waals surface area contributed by atoms with Crippen molar-refractivity contribution in [2.24, 2.45) is 0 Å². The van der Waals surface area contributed by atoms with Gasteiger partial charge in [-0.05, 0) is 43.2 Å². The van der Waals surface area contributed by atoms with Gasteiger partial charge in [0.25, 0.3) is 0 Å². The molecule has 132 valence electrons. The Morgan fingerprint density at radius 1 is 1.12 bits per heavy atom. The number of ether oxygens (including phenoxy) is 1. The number of benzene rings is 1. The van der Waals surface area contributed by atoms with Gasteiger partial charge in [-0.2, -0.15) is 0 Å². The summed E-state index contributed by atoms with van der Waals surface area (Å²) < 4.78 is 34.8. The molecular weight excluding hydrogens is 338 g/mol. The van der Waals surface area contributed by atoms with E-state index in [9.17, 15) is 8.42 Å². The molecule has 2 aromatic heterocycles. The zero-order chi connectivity index (χ0) is 18.0. The monoisotopic (exact) mass is 359 g/mol. The Kier molecular flexibility index (Phi) is 4.78. The second-order valence-corrected chi connectivity index (χ2v) is 7.74. The van der Waals surface area contributed by atoms with Crippen LogP contribution in [0.25, 0.3) is 5.65 Å². The summed E-state index contributed by atoms with van der Waals surface area (Å²) in [7, 11) is -2.18. The molecule has 0 amide bonds. The summed E-state index contributed by atoms with van der Waals surface area (Å²) in [5.41, 5.74) is 3.69. The van der Waals surface area contributed by atoms with Gasteiger partial charge in [-0.1, -0.05) is 12.1 Å².